The van der Waals surface area contributed by atoms with Gasteiger partial charge in [-0.2, -0.15) is 5.10 Å². The van der Waals surface area contributed by atoms with Crippen molar-refractivity contribution in [1.82, 2.24) is 9.78 Å². The molecule has 1 aliphatic rings. The van der Waals surface area contributed by atoms with Gasteiger partial charge in [0.05, 0.1) is 29.2 Å². The second-order valence-electron chi connectivity index (χ2n) is 6.19. The second kappa shape index (κ2) is 8.40. The van der Waals surface area contributed by atoms with Crippen molar-refractivity contribution in [2.24, 2.45) is 0 Å². The molecule has 1 amide bonds. The van der Waals surface area contributed by atoms with Gasteiger partial charge in [-0.15, -0.1) is 0 Å². The highest BCUT2D eigenvalue weighted by atomic mass is 79.9. The fourth-order valence-electron chi connectivity index (χ4n) is 2.95. The molecule has 8 heteroatoms. The molecule has 0 spiro atoms. The van der Waals surface area contributed by atoms with E-state index in [2.05, 4.69) is 26.3 Å². The van der Waals surface area contributed by atoms with Gasteiger partial charge in [-0.05, 0) is 51.8 Å². The van der Waals surface area contributed by atoms with Gasteiger partial charge in [0.15, 0.2) is 11.5 Å². The van der Waals surface area contributed by atoms with Crippen LogP contribution in [0.1, 0.15) is 5.56 Å². The monoisotopic (exact) mass is 455 g/mol. The van der Waals surface area contributed by atoms with E-state index in [4.69, 9.17) is 14.2 Å². The number of carbonyl (C=O) groups is 1. The Hall–Kier alpha value is -3.26. The number of carbonyl (C=O) groups excluding carboxylic acids is 1. The summed E-state index contributed by atoms with van der Waals surface area (Å²) in [4.78, 5) is 12.5. The molecule has 2 aromatic carbocycles. The fourth-order valence-corrected chi connectivity index (χ4v) is 3.23. The van der Waals surface area contributed by atoms with Crippen LogP contribution in [0.5, 0.6) is 17.2 Å². The quantitative estimate of drug-likeness (QED) is 0.586. The van der Waals surface area contributed by atoms with Crippen LogP contribution < -0.4 is 19.5 Å². The summed E-state index contributed by atoms with van der Waals surface area (Å²) >= 11 is 3.38. The Labute approximate surface area is 176 Å². The van der Waals surface area contributed by atoms with E-state index in [-0.39, 0.29) is 5.91 Å². The molecule has 0 bridgehead atoms. The maximum absolute atomic E-state index is 12.5. The molecule has 148 valence electrons. The number of benzene rings is 2. The Morgan fingerprint density at radius 1 is 1.28 bits per heavy atom. The lowest BCUT2D eigenvalue weighted by molar-refractivity contribution is -0.111. The molecule has 4 rings (SSSR count). The minimum atomic E-state index is -0.266. The number of aromatic nitrogens is 2. The molecule has 1 aromatic heterocycles. The predicted octanol–water partition coefficient (Wildman–Crippen LogP) is 4.07. The van der Waals surface area contributed by atoms with Gasteiger partial charge in [0.25, 0.3) is 0 Å². The summed E-state index contributed by atoms with van der Waals surface area (Å²) in [6.45, 7) is 0.956. The lowest BCUT2D eigenvalue weighted by Gasteiger charge is -2.20. The first-order chi connectivity index (χ1) is 14.1. The molecular formula is C21H18BrN3O4. The zero-order valence-electron chi connectivity index (χ0n) is 15.6. The van der Waals surface area contributed by atoms with E-state index < -0.39 is 0 Å². The number of hydrogen-bond acceptors (Lipinski definition) is 5. The van der Waals surface area contributed by atoms with Crippen LogP contribution in [0, 0.1) is 0 Å². The van der Waals surface area contributed by atoms with Gasteiger partial charge in [-0.25, -0.2) is 4.68 Å². The van der Waals surface area contributed by atoms with Gasteiger partial charge in [-0.3, -0.25) is 4.79 Å². The van der Waals surface area contributed by atoms with E-state index in [0.29, 0.717) is 36.1 Å². The van der Waals surface area contributed by atoms with Crippen LogP contribution >= 0.6 is 15.9 Å². The van der Waals surface area contributed by atoms with E-state index in [1.54, 1.807) is 30.1 Å². The largest absolute Gasteiger partial charge is 0.493 e. The standard InChI is InChI=1S/C21H18BrN3O4/c1-27-18-10-14(11-19-21(18)29-9-8-28-19)6-7-20(26)24-16-4-2-3-5-17(16)25-13-15(22)12-23-25/h2-7,10-13H,8-9H2,1H3,(H,24,26). The van der Waals surface area contributed by atoms with Crippen LogP contribution in [-0.2, 0) is 4.79 Å². The van der Waals surface area contributed by atoms with E-state index in [9.17, 15) is 4.79 Å². The van der Waals surface area contributed by atoms with Crippen LogP contribution in [0.15, 0.2) is 59.3 Å². The Morgan fingerprint density at radius 3 is 2.90 bits per heavy atom. The molecular weight excluding hydrogens is 438 g/mol. The van der Waals surface area contributed by atoms with Gasteiger partial charge in [0.1, 0.15) is 13.2 Å². The second-order valence-corrected chi connectivity index (χ2v) is 7.11. The van der Waals surface area contributed by atoms with E-state index >= 15 is 0 Å². The molecule has 3 aromatic rings. The number of amides is 1. The SMILES string of the molecule is COc1cc(C=CC(=O)Nc2ccccc2-n2cc(Br)cn2)cc2c1OCCO2. The molecule has 1 N–H and O–H groups in total. The molecule has 0 saturated carbocycles. The maximum Gasteiger partial charge on any atom is 0.248 e. The number of para-hydroxylation sites is 2. The van der Waals surface area contributed by atoms with Crippen LogP contribution in [0.2, 0.25) is 0 Å². The molecule has 2 heterocycles. The summed E-state index contributed by atoms with van der Waals surface area (Å²) in [7, 11) is 1.57. The lowest BCUT2D eigenvalue weighted by atomic mass is 10.1. The maximum atomic E-state index is 12.5. The van der Waals surface area contributed by atoms with E-state index in [0.717, 1.165) is 15.7 Å². The highest BCUT2D eigenvalue weighted by Crippen LogP contribution is 2.40. The van der Waals surface area contributed by atoms with Crippen LogP contribution in [-0.4, -0.2) is 36.0 Å². The van der Waals surface area contributed by atoms with Gasteiger partial charge in [0.2, 0.25) is 11.7 Å². The van der Waals surface area contributed by atoms with Gasteiger partial charge >= 0.3 is 0 Å². The van der Waals surface area contributed by atoms with E-state index in [1.165, 1.54) is 6.08 Å². The summed E-state index contributed by atoms with van der Waals surface area (Å²) in [6, 6.07) is 11.1. The first kappa shape index (κ1) is 19.1. The fraction of sp³-hybridized carbons (Fsp3) is 0.143. The van der Waals surface area contributed by atoms with Crippen molar-refractivity contribution >= 4 is 33.6 Å². The lowest BCUT2D eigenvalue weighted by Crippen LogP contribution is -2.16. The minimum Gasteiger partial charge on any atom is -0.493 e. The molecule has 0 fully saturated rings. The Balaban J connectivity index is 1.53. The zero-order chi connectivity index (χ0) is 20.2. The van der Waals surface area contributed by atoms with Crippen molar-refractivity contribution < 1.29 is 19.0 Å². The van der Waals surface area contributed by atoms with Crippen LogP contribution in [0.3, 0.4) is 0 Å². The molecule has 7 nitrogen and oxygen atoms in total. The van der Waals surface area contributed by atoms with Gasteiger partial charge in [-0.1, -0.05) is 12.1 Å². The number of fused-ring (bicyclic) bond motifs is 1. The molecule has 0 atom stereocenters. The summed E-state index contributed by atoms with van der Waals surface area (Å²) in [5.74, 6) is 1.49. The minimum absolute atomic E-state index is 0.266. The number of nitrogens with zero attached hydrogens (tertiary/aromatic N) is 2. The Morgan fingerprint density at radius 2 is 2.10 bits per heavy atom. The topological polar surface area (TPSA) is 74.6 Å². The molecule has 0 aliphatic carbocycles. The summed E-state index contributed by atoms with van der Waals surface area (Å²) in [5, 5.41) is 7.16. The van der Waals surface area contributed by atoms with Gasteiger partial charge in [0, 0.05) is 12.3 Å². The normalized spacial score (nSPS) is 12.8. The van der Waals surface area contributed by atoms with Crippen LogP contribution in [0.25, 0.3) is 11.8 Å². The molecule has 0 saturated heterocycles. The smallest absolute Gasteiger partial charge is 0.248 e. The highest BCUT2D eigenvalue weighted by Gasteiger charge is 2.18. The zero-order valence-corrected chi connectivity index (χ0v) is 17.2. The number of anilines is 1. The number of rotatable bonds is 5. The summed E-state index contributed by atoms with van der Waals surface area (Å²) in [6.07, 6.45) is 6.67. The van der Waals surface area contributed by atoms with Crippen molar-refractivity contribution in [3.05, 3.63) is 64.9 Å². The molecule has 0 unspecified atom stereocenters. The average Bonchev–Trinajstić information content (AvgIpc) is 3.18. The van der Waals surface area contributed by atoms with Crippen molar-refractivity contribution in [3.8, 4) is 22.9 Å². The average molecular weight is 456 g/mol. The van der Waals surface area contributed by atoms with Crippen molar-refractivity contribution in [2.45, 2.75) is 0 Å². The van der Waals surface area contributed by atoms with Crippen molar-refractivity contribution in [1.29, 1.82) is 0 Å². The van der Waals surface area contributed by atoms with Crippen LogP contribution in [0.4, 0.5) is 5.69 Å². The number of methoxy groups -OCH3 is 1. The molecule has 29 heavy (non-hydrogen) atoms. The third-order valence-electron chi connectivity index (χ3n) is 4.24. The number of ether oxygens (including phenoxy) is 3. The number of halogens is 1. The predicted molar refractivity (Wildman–Crippen MR) is 113 cm³/mol. The van der Waals surface area contributed by atoms with E-state index in [1.807, 2.05) is 36.5 Å². The van der Waals surface area contributed by atoms with Crippen molar-refractivity contribution in [2.75, 3.05) is 25.6 Å². The Kier molecular flexibility index (Phi) is 5.53. The summed E-state index contributed by atoms with van der Waals surface area (Å²) in [5.41, 5.74) is 2.18. The first-order valence-electron chi connectivity index (χ1n) is 8.90. The number of hydrogen-bond donors (Lipinski definition) is 1. The highest BCUT2D eigenvalue weighted by molar-refractivity contribution is 9.10. The summed E-state index contributed by atoms with van der Waals surface area (Å²) < 4.78 is 19.1. The Bertz CT molecular complexity index is 1060. The first-order valence-corrected chi connectivity index (χ1v) is 9.69. The molecule has 0 radical (unpaired) electrons. The molecule has 1 aliphatic heterocycles. The number of nitrogens with one attached hydrogen (secondary N) is 1. The van der Waals surface area contributed by atoms with Crippen molar-refractivity contribution in [3.63, 3.8) is 0 Å². The van der Waals surface area contributed by atoms with Gasteiger partial charge < -0.3 is 19.5 Å². The third-order valence-corrected chi connectivity index (χ3v) is 4.65. The third kappa shape index (κ3) is 4.27.